The van der Waals surface area contributed by atoms with Gasteiger partial charge < -0.3 is 14.4 Å². The number of hydrogen-bond donors (Lipinski definition) is 0. The summed E-state index contributed by atoms with van der Waals surface area (Å²) in [5, 5.41) is 0. The summed E-state index contributed by atoms with van der Waals surface area (Å²) < 4.78 is 49.5. The third-order valence-electron chi connectivity index (χ3n) is 4.88. The van der Waals surface area contributed by atoms with E-state index >= 15 is 0 Å². The Labute approximate surface area is 146 Å². The van der Waals surface area contributed by atoms with E-state index in [0.29, 0.717) is 22.6 Å². The number of carbonyl (C=O) groups is 2. The minimum absolute atomic E-state index is 0.0284. The second-order valence-electron chi connectivity index (χ2n) is 6.45. The molecular weight excluding hydrogens is 351 g/mol. The average Bonchev–Trinajstić information content (AvgIpc) is 2.99. The van der Waals surface area contributed by atoms with E-state index in [9.17, 15) is 22.8 Å². The van der Waals surface area contributed by atoms with Crippen LogP contribution in [0.15, 0.2) is 36.4 Å². The van der Waals surface area contributed by atoms with E-state index in [1.54, 1.807) is 24.3 Å². The lowest BCUT2D eigenvalue weighted by atomic mass is 9.73. The van der Waals surface area contributed by atoms with Gasteiger partial charge in [-0.3, -0.25) is 9.59 Å². The molecule has 1 amide bonds. The summed E-state index contributed by atoms with van der Waals surface area (Å²) in [5.41, 5.74) is 0.470. The predicted molar refractivity (Wildman–Crippen MR) is 83.6 cm³/mol. The first-order chi connectivity index (χ1) is 12.3. The Morgan fingerprint density at radius 1 is 1.12 bits per heavy atom. The normalized spacial score (nSPS) is 20.3. The van der Waals surface area contributed by atoms with Crippen molar-refractivity contribution in [3.63, 3.8) is 0 Å². The van der Waals surface area contributed by atoms with Gasteiger partial charge in [0.05, 0.1) is 0 Å². The standard InChI is InChI=1S/C18H14F3NO4/c19-18(20,21)16(24)22-6-5-17(3-1-12(23)2-4-17)13-8-15-14(25-10-26-15)7-11(13)9-22/h1-4,7-8H,5-6,9-10H2. The molecule has 0 saturated carbocycles. The maximum Gasteiger partial charge on any atom is 0.471 e. The lowest BCUT2D eigenvalue weighted by molar-refractivity contribution is -0.186. The van der Waals surface area contributed by atoms with Crippen LogP contribution in [0.2, 0.25) is 0 Å². The van der Waals surface area contributed by atoms with Gasteiger partial charge >= 0.3 is 12.1 Å². The highest BCUT2D eigenvalue weighted by molar-refractivity contribution is 6.00. The summed E-state index contributed by atoms with van der Waals surface area (Å²) in [6.45, 7) is -0.259. The minimum Gasteiger partial charge on any atom is -0.454 e. The lowest BCUT2D eigenvalue weighted by Gasteiger charge is -2.30. The van der Waals surface area contributed by atoms with Crippen molar-refractivity contribution in [2.45, 2.75) is 24.6 Å². The number of nitrogens with zero attached hydrogens (tertiary/aromatic N) is 1. The van der Waals surface area contributed by atoms with E-state index in [-0.39, 0.29) is 32.1 Å². The van der Waals surface area contributed by atoms with Gasteiger partial charge in [-0.25, -0.2) is 0 Å². The molecule has 0 unspecified atom stereocenters. The Morgan fingerprint density at radius 2 is 1.77 bits per heavy atom. The molecular formula is C18H14F3NO4. The van der Waals surface area contributed by atoms with Crippen molar-refractivity contribution in [3.8, 4) is 11.5 Å². The van der Waals surface area contributed by atoms with Crippen molar-refractivity contribution in [1.29, 1.82) is 0 Å². The number of ketones is 1. The fraction of sp³-hybridized carbons (Fsp3) is 0.333. The zero-order chi connectivity index (χ0) is 18.5. The largest absolute Gasteiger partial charge is 0.471 e. The second kappa shape index (κ2) is 5.62. The molecule has 8 heteroatoms. The van der Waals surface area contributed by atoms with Crippen LogP contribution in [0.5, 0.6) is 11.5 Å². The number of ether oxygens (including phenoxy) is 2. The van der Waals surface area contributed by atoms with Gasteiger partial charge in [0, 0.05) is 18.5 Å². The Hall–Kier alpha value is -2.77. The van der Waals surface area contributed by atoms with Crippen LogP contribution in [-0.2, 0) is 21.5 Å². The monoisotopic (exact) mass is 365 g/mol. The molecule has 4 rings (SSSR count). The molecule has 3 aliphatic rings. The van der Waals surface area contributed by atoms with E-state index in [1.807, 2.05) is 0 Å². The number of allylic oxidation sites excluding steroid dienone is 4. The summed E-state index contributed by atoms with van der Waals surface area (Å²) >= 11 is 0. The zero-order valence-corrected chi connectivity index (χ0v) is 13.5. The highest BCUT2D eigenvalue weighted by Gasteiger charge is 2.45. The van der Waals surface area contributed by atoms with Crippen LogP contribution >= 0.6 is 0 Å². The van der Waals surface area contributed by atoms with Gasteiger partial charge in [0.15, 0.2) is 17.3 Å². The third-order valence-corrected chi connectivity index (χ3v) is 4.88. The molecule has 0 radical (unpaired) electrons. The number of carbonyl (C=O) groups excluding carboxylic acids is 2. The summed E-state index contributed by atoms with van der Waals surface area (Å²) in [6.07, 6.45) is 1.44. The topological polar surface area (TPSA) is 55.8 Å². The summed E-state index contributed by atoms with van der Waals surface area (Å²) in [5.74, 6) is -1.14. The highest BCUT2D eigenvalue weighted by atomic mass is 19.4. The SMILES string of the molecule is O=C1C=CC2(C=C1)CCN(C(=O)C(F)(F)F)Cc1cc3c(cc12)OCO3. The number of rotatable bonds is 0. The molecule has 26 heavy (non-hydrogen) atoms. The van der Waals surface area contributed by atoms with E-state index in [2.05, 4.69) is 0 Å². The quantitative estimate of drug-likeness (QED) is 0.709. The smallest absolute Gasteiger partial charge is 0.454 e. The van der Waals surface area contributed by atoms with Crippen molar-refractivity contribution >= 4 is 11.7 Å². The third kappa shape index (κ3) is 2.65. The number of fused-ring (bicyclic) bond motifs is 3. The molecule has 0 N–H and O–H groups in total. The molecule has 5 nitrogen and oxygen atoms in total. The van der Waals surface area contributed by atoms with Crippen LogP contribution in [-0.4, -0.2) is 36.1 Å². The average molecular weight is 365 g/mol. The van der Waals surface area contributed by atoms with E-state index in [1.165, 1.54) is 12.2 Å². The van der Waals surface area contributed by atoms with Crippen LogP contribution in [0.3, 0.4) is 0 Å². The van der Waals surface area contributed by atoms with Crippen molar-refractivity contribution in [1.82, 2.24) is 4.90 Å². The number of amides is 1. The molecule has 0 aromatic heterocycles. The Morgan fingerprint density at radius 3 is 2.42 bits per heavy atom. The molecule has 0 saturated heterocycles. The fourth-order valence-corrected chi connectivity index (χ4v) is 3.56. The van der Waals surface area contributed by atoms with Gasteiger partial charge in [0.1, 0.15) is 0 Å². The van der Waals surface area contributed by atoms with Gasteiger partial charge in [-0.15, -0.1) is 0 Å². The summed E-state index contributed by atoms with van der Waals surface area (Å²) in [7, 11) is 0. The van der Waals surface area contributed by atoms with Crippen molar-refractivity contribution in [2.24, 2.45) is 0 Å². The maximum atomic E-state index is 12.9. The molecule has 0 fully saturated rings. The molecule has 1 aliphatic carbocycles. The summed E-state index contributed by atoms with van der Waals surface area (Å²) in [4.78, 5) is 24.1. The second-order valence-corrected chi connectivity index (χ2v) is 6.45. The van der Waals surface area contributed by atoms with E-state index in [0.717, 1.165) is 4.90 Å². The summed E-state index contributed by atoms with van der Waals surface area (Å²) in [6, 6.07) is 3.34. The van der Waals surface area contributed by atoms with Gasteiger partial charge in [-0.05, 0) is 41.8 Å². The van der Waals surface area contributed by atoms with Crippen LogP contribution in [0.25, 0.3) is 0 Å². The first kappa shape index (κ1) is 16.7. The van der Waals surface area contributed by atoms with Crippen molar-refractivity contribution in [2.75, 3.05) is 13.3 Å². The molecule has 0 bridgehead atoms. The first-order valence-electron chi connectivity index (χ1n) is 8.00. The maximum absolute atomic E-state index is 12.9. The fourth-order valence-electron chi connectivity index (χ4n) is 3.56. The van der Waals surface area contributed by atoms with Crippen LogP contribution in [0, 0.1) is 0 Å². The lowest BCUT2D eigenvalue weighted by Crippen LogP contribution is -2.41. The van der Waals surface area contributed by atoms with Gasteiger partial charge in [-0.1, -0.05) is 12.2 Å². The number of halogens is 3. The minimum atomic E-state index is -4.94. The van der Waals surface area contributed by atoms with Gasteiger partial charge in [0.2, 0.25) is 6.79 Å². The van der Waals surface area contributed by atoms with Crippen molar-refractivity contribution < 1.29 is 32.2 Å². The molecule has 1 aromatic rings. The van der Waals surface area contributed by atoms with Gasteiger partial charge in [0.25, 0.3) is 0 Å². The Balaban J connectivity index is 1.82. The molecule has 2 heterocycles. The molecule has 136 valence electrons. The van der Waals surface area contributed by atoms with Crippen LogP contribution in [0.1, 0.15) is 17.5 Å². The highest BCUT2D eigenvalue weighted by Crippen LogP contribution is 2.45. The van der Waals surface area contributed by atoms with Crippen molar-refractivity contribution in [3.05, 3.63) is 47.6 Å². The molecule has 1 spiro atoms. The molecule has 2 aliphatic heterocycles. The molecule has 1 aromatic carbocycles. The van der Waals surface area contributed by atoms with E-state index in [4.69, 9.17) is 9.47 Å². The van der Waals surface area contributed by atoms with Gasteiger partial charge in [-0.2, -0.15) is 13.2 Å². The number of hydrogen-bond acceptors (Lipinski definition) is 4. The predicted octanol–water partition coefficient (Wildman–Crippen LogP) is 2.64. The van der Waals surface area contributed by atoms with Crippen LogP contribution in [0.4, 0.5) is 13.2 Å². The Bertz CT molecular complexity index is 841. The van der Waals surface area contributed by atoms with E-state index < -0.39 is 17.5 Å². The molecule has 0 atom stereocenters. The van der Waals surface area contributed by atoms with Crippen LogP contribution < -0.4 is 9.47 Å². The zero-order valence-electron chi connectivity index (χ0n) is 13.5. The number of alkyl halides is 3. The first-order valence-corrected chi connectivity index (χ1v) is 8.00. The Kier molecular flexibility index (Phi) is 3.61. The number of benzene rings is 1.